The van der Waals surface area contributed by atoms with Crippen molar-refractivity contribution >= 4 is 23.2 Å². The van der Waals surface area contributed by atoms with E-state index in [9.17, 15) is 4.79 Å². The maximum Gasteiger partial charge on any atom is 0.253 e. The van der Waals surface area contributed by atoms with E-state index < -0.39 is 0 Å². The largest absolute Gasteiger partial charge is 0.469 e. The second kappa shape index (κ2) is 6.29. The molecule has 1 amide bonds. The SMILES string of the molecule is CNc1ccc(Cl)cc1C(=O)NCCc1ccco1. The third kappa shape index (κ3) is 3.51. The summed E-state index contributed by atoms with van der Waals surface area (Å²) in [6.45, 7) is 0.516. The van der Waals surface area contributed by atoms with Gasteiger partial charge in [0.25, 0.3) is 5.91 Å². The summed E-state index contributed by atoms with van der Waals surface area (Å²) in [6, 6.07) is 8.88. The minimum atomic E-state index is -0.154. The molecule has 2 N–H and O–H groups in total. The lowest BCUT2D eigenvalue weighted by atomic mass is 10.1. The van der Waals surface area contributed by atoms with Gasteiger partial charge in [0, 0.05) is 30.7 Å². The van der Waals surface area contributed by atoms with Crippen LogP contribution in [-0.4, -0.2) is 19.5 Å². The molecule has 100 valence electrons. The minimum Gasteiger partial charge on any atom is -0.469 e. The van der Waals surface area contributed by atoms with Crippen LogP contribution < -0.4 is 10.6 Å². The number of carbonyl (C=O) groups excluding carboxylic acids is 1. The molecule has 2 aromatic rings. The number of nitrogens with one attached hydrogen (secondary N) is 2. The van der Waals surface area contributed by atoms with E-state index in [2.05, 4.69) is 10.6 Å². The fraction of sp³-hybridized carbons (Fsp3) is 0.214. The van der Waals surface area contributed by atoms with Gasteiger partial charge < -0.3 is 15.1 Å². The summed E-state index contributed by atoms with van der Waals surface area (Å²) < 4.78 is 5.20. The van der Waals surface area contributed by atoms with Crippen molar-refractivity contribution in [3.8, 4) is 0 Å². The molecule has 5 heteroatoms. The second-order valence-corrected chi connectivity index (χ2v) is 4.46. The molecule has 1 aromatic carbocycles. The maximum atomic E-state index is 12.1. The van der Waals surface area contributed by atoms with Crippen molar-refractivity contribution in [1.82, 2.24) is 5.32 Å². The van der Waals surface area contributed by atoms with Gasteiger partial charge >= 0.3 is 0 Å². The molecule has 0 atom stereocenters. The fourth-order valence-electron chi connectivity index (χ4n) is 1.77. The second-order valence-electron chi connectivity index (χ2n) is 4.03. The van der Waals surface area contributed by atoms with Gasteiger partial charge in [-0.05, 0) is 30.3 Å². The summed E-state index contributed by atoms with van der Waals surface area (Å²) in [5.41, 5.74) is 1.29. The Balaban J connectivity index is 1.97. The highest BCUT2D eigenvalue weighted by Gasteiger charge is 2.11. The quantitative estimate of drug-likeness (QED) is 0.884. The first-order valence-corrected chi connectivity index (χ1v) is 6.36. The zero-order chi connectivity index (χ0) is 13.7. The Morgan fingerprint density at radius 2 is 2.21 bits per heavy atom. The molecule has 0 radical (unpaired) electrons. The molecule has 1 heterocycles. The number of hydrogen-bond donors (Lipinski definition) is 2. The molecule has 2 rings (SSSR count). The van der Waals surface area contributed by atoms with E-state index in [0.29, 0.717) is 23.6 Å². The predicted molar refractivity (Wildman–Crippen MR) is 75.7 cm³/mol. The van der Waals surface area contributed by atoms with E-state index >= 15 is 0 Å². The molecule has 0 saturated heterocycles. The van der Waals surface area contributed by atoms with Crippen LogP contribution >= 0.6 is 11.6 Å². The lowest BCUT2D eigenvalue weighted by Gasteiger charge is -2.09. The van der Waals surface area contributed by atoms with Gasteiger partial charge in [-0.1, -0.05) is 11.6 Å². The number of carbonyl (C=O) groups is 1. The highest BCUT2D eigenvalue weighted by atomic mass is 35.5. The van der Waals surface area contributed by atoms with Crippen LogP contribution in [0.5, 0.6) is 0 Å². The zero-order valence-electron chi connectivity index (χ0n) is 10.6. The van der Waals surface area contributed by atoms with Gasteiger partial charge in [0.05, 0.1) is 11.8 Å². The monoisotopic (exact) mass is 278 g/mol. The lowest BCUT2D eigenvalue weighted by Crippen LogP contribution is -2.26. The summed E-state index contributed by atoms with van der Waals surface area (Å²) >= 11 is 5.91. The Labute approximate surface area is 116 Å². The number of benzene rings is 1. The van der Waals surface area contributed by atoms with E-state index in [4.69, 9.17) is 16.0 Å². The van der Waals surface area contributed by atoms with Crippen molar-refractivity contribution in [1.29, 1.82) is 0 Å². The number of rotatable bonds is 5. The summed E-state index contributed by atoms with van der Waals surface area (Å²) in [5.74, 6) is 0.693. The van der Waals surface area contributed by atoms with Gasteiger partial charge in [0.1, 0.15) is 5.76 Å². The molecule has 19 heavy (non-hydrogen) atoms. The van der Waals surface area contributed by atoms with E-state index in [1.807, 2.05) is 12.1 Å². The summed E-state index contributed by atoms with van der Waals surface area (Å²) in [6.07, 6.45) is 2.28. The van der Waals surface area contributed by atoms with Gasteiger partial charge in [-0.15, -0.1) is 0 Å². The fourth-order valence-corrected chi connectivity index (χ4v) is 1.94. The molecule has 0 unspecified atom stereocenters. The molecule has 0 spiro atoms. The highest BCUT2D eigenvalue weighted by molar-refractivity contribution is 6.31. The molecule has 1 aromatic heterocycles. The molecular weight excluding hydrogens is 264 g/mol. The van der Waals surface area contributed by atoms with E-state index in [0.717, 1.165) is 11.4 Å². The summed E-state index contributed by atoms with van der Waals surface area (Å²) in [7, 11) is 1.77. The average molecular weight is 279 g/mol. The predicted octanol–water partition coefficient (Wildman–Crippen LogP) is 2.95. The summed E-state index contributed by atoms with van der Waals surface area (Å²) in [5, 5.41) is 6.35. The first-order valence-electron chi connectivity index (χ1n) is 5.98. The van der Waals surface area contributed by atoms with Crippen LogP contribution in [0.2, 0.25) is 5.02 Å². The van der Waals surface area contributed by atoms with Gasteiger partial charge in [0.2, 0.25) is 0 Å². The summed E-state index contributed by atoms with van der Waals surface area (Å²) in [4.78, 5) is 12.1. The Hall–Kier alpha value is -1.94. The Morgan fingerprint density at radius 1 is 1.37 bits per heavy atom. The zero-order valence-corrected chi connectivity index (χ0v) is 11.3. The molecule has 0 fully saturated rings. The molecular formula is C14H15ClN2O2. The molecule has 4 nitrogen and oxygen atoms in total. The van der Waals surface area contributed by atoms with Crippen LogP contribution in [-0.2, 0) is 6.42 Å². The van der Waals surface area contributed by atoms with Crippen molar-refractivity contribution < 1.29 is 9.21 Å². The third-order valence-electron chi connectivity index (χ3n) is 2.73. The molecule has 0 aliphatic heterocycles. The Bertz CT molecular complexity index is 553. The van der Waals surface area contributed by atoms with Crippen molar-refractivity contribution in [3.05, 3.63) is 52.9 Å². The van der Waals surface area contributed by atoms with Gasteiger partial charge in [-0.2, -0.15) is 0 Å². The molecule has 0 bridgehead atoms. The van der Waals surface area contributed by atoms with E-state index in [1.54, 1.807) is 31.5 Å². The first kappa shape index (κ1) is 13.5. The standard InChI is InChI=1S/C14H15ClN2O2/c1-16-13-5-4-10(15)9-12(13)14(18)17-7-6-11-3-2-8-19-11/h2-5,8-9,16H,6-7H2,1H3,(H,17,18). The average Bonchev–Trinajstić information content (AvgIpc) is 2.91. The third-order valence-corrected chi connectivity index (χ3v) is 2.97. The first-order chi connectivity index (χ1) is 9.20. The number of anilines is 1. The normalized spacial score (nSPS) is 10.2. The topological polar surface area (TPSA) is 54.3 Å². The van der Waals surface area contributed by atoms with Crippen LogP contribution in [0.3, 0.4) is 0 Å². The van der Waals surface area contributed by atoms with Gasteiger partial charge in [0.15, 0.2) is 0 Å². The van der Waals surface area contributed by atoms with Crippen LogP contribution in [0.25, 0.3) is 0 Å². The lowest BCUT2D eigenvalue weighted by molar-refractivity contribution is 0.0954. The maximum absolute atomic E-state index is 12.1. The molecule has 0 saturated carbocycles. The smallest absolute Gasteiger partial charge is 0.253 e. The van der Waals surface area contributed by atoms with E-state index in [-0.39, 0.29) is 5.91 Å². The van der Waals surface area contributed by atoms with Crippen molar-refractivity contribution in [2.75, 3.05) is 18.9 Å². The van der Waals surface area contributed by atoms with Crippen molar-refractivity contribution in [2.24, 2.45) is 0 Å². The van der Waals surface area contributed by atoms with E-state index in [1.165, 1.54) is 0 Å². The molecule has 0 aliphatic carbocycles. The molecule has 0 aliphatic rings. The van der Waals surface area contributed by atoms with Gasteiger partial charge in [-0.3, -0.25) is 4.79 Å². The highest BCUT2D eigenvalue weighted by Crippen LogP contribution is 2.20. The van der Waals surface area contributed by atoms with Crippen LogP contribution in [0.1, 0.15) is 16.1 Å². The number of halogens is 1. The van der Waals surface area contributed by atoms with Crippen molar-refractivity contribution in [3.63, 3.8) is 0 Å². The minimum absolute atomic E-state index is 0.154. The van der Waals surface area contributed by atoms with Crippen LogP contribution in [0, 0.1) is 0 Å². The van der Waals surface area contributed by atoms with Crippen molar-refractivity contribution in [2.45, 2.75) is 6.42 Å². The van der Waals surface area contributed by atoms with Crippen LogP contribution in [0.15, 0.2) is 41.0 Å². The number of furan rings is 1. The Kier molecular flexibility index (Phi) is 4.47. The Morgan fingerprint density at radius 3 is 2.89 bits per heavy atom. The number of amides is 1. The van der Waals surface area contributed by atoms with Gasteiger partial charge in [-0.25, -0.2) is 0 Å². The number of hydrogen-bond acceptors (Lipinski definition) is 3. The van der Waals surface area contributed by atoms with Crippen LogP contribution in [0.4, 0.5) is 5.69 Å².